The van der Waals surface area contributed by atoms with Gasteiger partial charge in [-0.15, -0.1) is 0 Å². The second-order valence-electron chi connectivity index (χ2n) is 6.61. The summed E-state index contributed by atoms with van der Waals surface area (Å²) in [7, 11) is 4.16. The van der Waals surface area contributed by atoms with E-state index in [-0.39, 0.29) is 11.9 Å². The van der Waals surface area contributed by atoms with Crippen LogP contribution in [-0.2, 0) is 0 Å². The van der Waals surface area contributed by atoms with E-state index in [1.165, 1.54) is 16.5 Å². The molecule has 0 radical (unpaired) electrons. The number of aromatic nitrogens is 1. The molecule has 1 aliphatic rings. The minimum Gasteiger partial charge on any atom is -0.303 e. The normalized spacial score (nSPS) is 14.4. The van der Waals surface area contributed by atoms with Crippen molar-refractivity contribution in [1.82, 2.24) is 9.47 Å². The van der Waals surface area contributed by atoms with E-state index in [0.717, 1.165) is 22.3 Å². The summed E-state index contributed by atoms with van der Waals surface area (Å²) in [6.07, 6.45) is 0. The molecule has 0 amide bonds. The highest BCUT2D eigenvalue weighted by molar-refractivity contribution is 6.16. The Morgan fingerprint density at radius 2 is 1.74 bits per heavy atom. The maximum atomic E-state index is 12.9. The smallest absolute Gasteiger partial charge is 0.263 e. The van der Waals surface area contributed by atoms with Crippen molar-refractivity contribution in [3.05, 3.63) is 59.2 Å². The van der Waals surface area contributed by atoms with Gasteiger partial charge >= 0.3 is 0 Å². The lowest BCUT2D eigenvalue weighted by molar-refractivity contribution is 0.0973. The molecule has 116 valence electrons. The molecule has 2 heterocycles. The van der Waals surface area contributed by atoms with E-state index in [1.54, 1.807) is 0 Å². The van der Waals surface area contributed by atoms with Gasteiger partial charge in [0.15, 0.2) is 0 Å². The topological polar surface area (TPSA) is 25.2 Å². The van der Waals surface area contributed by atoms with E-state index in [4.69, 9.17) is 0 Å². The monoisotopic (exact) mass is 304 g/mol. The number of carbonyl (C=O) groups excluding carboxylic acids is 1. The van der Waals surface area contributed by atoms with Gasteiger partial charge in [-0.3, -0.25) is 9.36 Å². The highest BCUT2D eigenvalue weighted by Crippen LogP contribution is 2.44. The molecule has 1 aliphatic heterocycles. The summed E-state index contributed by atoms with van der Waals surface area (Å²) in [5.41, 5.74) is 6.39. The van der Waals surface area contributed by atoms with E-state index < -0.39 is 0 Å². The molecule has 1 unspecified atom stereocenters. The zero-order valence-corrected chi connectivity index (χ0v) is 13.9. The van der Waals surface area contributed by atoms with Gasteiger partial charge in [-0.1, -0.05) is 29.8 Å². The lowest BCUT2D eigenvalue weighted by Crippen LogP contribution is -2.17. The predicted octanol–water partition coefficient (Wildman–Crippen LogP) is 4.24. The van der Waals surface area contributed by atoms with Crippen LogP contribution in [0, 0.1) is 6.92 Å². The fraction of sp³-hybridized carbons (Fsp3) is 0.250. The van der Waals surface area contributed by atoms with Crippen molar-refractivity contribution in [2.75, 3.05) is 14.1 Å². The Bertz CT molecular complexity index is 950. The first-order chi connectivity index (χ1) is 11.0. The summed E-state index contributed by atoms with van der Waals surface area (Å²) in [6, 6.07) is 14.5. The highest BCUT2D eigenvalue weighted by Gasteiger charge is 2.33. The van der Waals surface area contributed by atoms with Gasteiger partial charge in [0.05, 0.1) is 11.2 Å². The molecule has 0 N–H and O–H groups in total. The van der Waals surface area contributed by atoms with Crippen molar-refractivity contribution in [2.45, 2.75) is 19.9 Å². The number of aryl methyl sites for hydroxylation is 1. The Hall–Kier alpha value is -2.39. The number of hydrogen-bond donors (Lipinski definition) is 0. The van der Waals surface area contributed by atoms with Crippen LogP contribution in [0.2, 0.25) is 0 Å². The molecule has 0 bridgehead atoms. The summed E-state index contributed by atoms with van der Waals surface area (Å²) < 4.78 is 1.90. The molecule has 3 nitrogen and oxygen atoms in total. The van der Waals surface area contributed by atoms with Crippen molar-refractivity contribution >= 4 is 16.8 Å². The van der Waals surface area contributed by atoms with Gasteiger partial charge in [-0.25, -0.2) is 0 Å². The molecular weight excluding hydrogens is 284 g/mol. The molecule has 3 aromatic rings. The minimum absolute atomic E-state index is 0.0849. The molecule has 0 fully saturated rings. The van der Waals surface area contributed by atoms with Crippen LogP contribution in [0.4, 0.5) is 0 Å². The van der Waals surface area contributed by atoms with Gasteiger partial charge in [0, 0.05) is 28.1 Å². The number of fused-ring (bicyclic) bond motifs is 5. The molecule has 2 aromatic carbocycles. The molecule has 1 atom stereocenters. The summed E-state index contributed by atoms with van der Waals surface area (Å²) in [4.78, 5) is 15.1. The molecule has 4 rings (SSSR count). The maximum Gasteiger partial charge on any atom is 0.263 e. The van der Waals surface area contributed by atoms with Crippen LogP contribution in [0.1, 0.15) is 34.5 Å². The number of benzene rings is 2. The molecular formula is C20H20N2O. The third kappa shape index (κ3) is 1.83. The van der Waals surface area contributed by atoms with E-state index in [1.807, 2.05) is 22.8 Å². The third-order valence-corrected chi connectivity index (χ3v) is 4.97. The summed E-state index contributed by atoms with van der Waals surface area (Å²) >= 11 is 0. The first-order valence-corrected chi connectivity index (χ1v) is 7.96. The van der Waals surface area contributed by atoms with Crippen LogP contribution < -0.4 is 0 Å². The Labute approximate surface area is 136 Å². The zero-order chi connectivity index (χ0) is 16.3. The van der Waals surface area contributed by atoms with Crippen molar-refractivity contribution < 1.29 is 4.79 Å². The van der Waals surface area contributed by atoms with Gasteiger partial charge in [0.1, 0.15) is 0 Å². The van der Waals surface area contributed by atoms with Crippen LogP contribution in [0.15, 0.2) is 42.5 Å². The van der Waals surface area contributed by atoms with Crippen molar-refractivity contribution in [2.24, 2.45) is 0 Å². The van der Waals surface area contributed by atoms with Crippen LogP contribution in [0.25, 0.3) is 22.2 Å². The molecule has 0 spiro atoms. The summed E-state index contributed by atoms with van der Waals surface area (Å²) in [5.74, 6) is 0.0849. The van der Waals surface area contributed by atoms with Gasteiger partial charge in [0.25, 0.3) is 5.91 Å². The lowest BCUT2D eigenvalue weighted by Gasteiger charge is -2.21. The van der Waals surface area contributed by atoms with Crippen LogP contribution in [0.5, 0.6) is 0 Å². The Kier molecular flexibility index (Phi) is 2.97. The summed E-state index contributed by atoms with van der Waals surface area (Å²) in [6.45, 7) is 4.30. The first-order valence-electron chi connectivity index (χ1n) is 7.96. The quantitative estimate of drug-likeness (QED) is 0.553. The molecule has 0 aliphatic carbocycles. The maximum absolute atomic E-state index is 12.9. The van der Waals surface area contributed by atoms with Crippen LogP contribution >= 0.6 is 0 Å². The SMILES string of the molecule is Cc1ccc2c(c1)c(C(C)N(C)C)c1n2C(=O)c2ccccc2-1. The van der Waals surface area contributed by atoms with Crippen molar-refractivity contribution in [3.8, 4) is 11.3 Å². The molecule has 3 heteroatoms. The Morgan fingerprint density at radius 1 is 1.04 bits per heavy atom. The number of hydrogen-bond acceptors (Lipinski definition) is 2. The second kappa shape index (κ2) is 4.80. The fourth-order valence-corrected chi connectivity index (χ4v) is 3.58. The number of carbonyl (C=O) groups is 1. The average molecular weight is 304 g/mol. The minimum atomic E-state index is 0.0849. The molecule has 23 heavy (non-hydrogen) atoms. The highest BCUT2D eigenvalue weighted by atomic mass is 16.2. The molecule has 0 saturated carbocycles. The van der Waals surface area contributed by atoms with Gasteiger partial charge in [-0.2, -0.15) is 0 Å². The lowest BCUT2D eigenvalue weighted by atomic mass is 9.97. The summed E-state index contributed by atoms with van der Waals surface area (Å²) in [5, 5.41) is 1.18. The number of nitrogens with zero attached hydrogens (tertiary/aromatic N) is 2. The third-order valence-electron chi connectivity index (χ3n) is 4.97. The largest absolute Gasteiger partial charge is 0.303 e. The molecule has 0 saturated heterocycles. The number of rotatable bonds is 2. The van der Waals surface area contributed by atoms with E-state index in [2.05, 4.69) is 57.1 Å². The van der Waals surface area contributed by atoms with Crippen LogP contribution in [-0.4, -0.2) is 29.5 Å². The van der Waals surface area contributed by atoms with Gasteiger partial charge in [0.2, 0.25) is 0 Å². The fourth-order valence-electron chi connectivity index (χ4n) is 3.58. The first kappa shape index (κ1) is 14.2. The van der Waals surface area contributed by atoms with E-state index in [0.29, 0.717) is 0 Å². The zero-order valence-electron chi connectivity index (χ0n) is 13.9. The second-order valence-corrected chi connectivity index (χ2v) is 6.61. The Morgan fingerprint density at radius 3 is 2.43 bits per heavy atom. The Balaban J connectivity index is 2.17. The van der Waals surface area contributed by atoms with E-state index in [9.17, 15) is 4.79 Å². The van der Waals surface area contributed by atoms with Gasteiger partial charge < -0.3 is 4.90 Å². The average Bonchev–Trinajstić information content (AvgIpc) is 3.00. The van der Waals surface area contributed by atoms with Gasteiger partial charge in [-0.05, 0) is 46.1 Å². The predicted molar refractivity (Wildman–Crippen MR) is 93.9 cm³/mol. The van der Waals surface area contributed by atoms with Crippen LogP contribution in [0.3, 0.4) is 0 Å². The van der Waals surface area contributed by atoms with E-state index >= 15 is 0 Å². The van der Waals surface area contributed by atoms with Crippen molar-refractivity contribution in [1.29, 1.82) is 0 Å². The molecule has 1 aromatic heterocycles. The van der Waals surface area contributed by atoms with Crippen molar-refractivity contribution in [3.63, 3.8) is 0 Å². The standard InChI is InChI=1S/C20H20N2O/c1-12-9-10-17-16(11-12)18(13(2)21(3)4)19-14-7-5-6-8-15(14)20(23)22(17)19/h5-11,13H,1-4H3.